The zero-order valence-corrected chi connectivity index (χ0v) is 15.7. The van der Waals surface area contributed by atoms with Crippen LogP contribution >= 0.6 is 11.3 Å². The van der Waals surface area contributed by atoms with Crippen molar-refractivity contribution in [1.29, 1.82) is 0 Å². The van der Waals surface area contributed by atoms with E-state index in [1.807, 2.05) is 29.5 Å². The minimum absolute atomic E-state index is 0.135. The fourth-order valence-electron chi connectivity index (χ4n) is 3.33. The second-order valence-electron chi connectivity index (χ2n) is 6.64. The Morgan fingerprint density at radius 2 is 1.85 bits per heavy atom. The van der Waals surface area contributed by atoms with Gasteiger partial charge in [0.2, 0.25) is 0 Å². The van der Waals surface area contributed by atoms with Crippen LogP contribution in [0.1, 0.15) is 15.2 Å². The van der Waals surface area contributed by atoms with Crippen LogP contribution in [0.25, 0.3) is 0 Å². The second-order valence-corrected chi connectivity index (χ2v) is 7.55. The Morgan fingerprint density at radius 1 is 1.08 bits per heavy atom. The quantitative estimate of drug-likeness (QED) is 0.815. The predicted molar refractivity (Wildman–Crippen MR) is 102 cm³/mol. The fourth-order valence-corrected chi connectivity index (χ4v) is 4.20. The van der Waals surface area contributed by atoms with Gasteiger partial charge in [-0.3, -0.25) is 4.79 Å². The van der Waals surface area contributed by atoms with Gasteiger partial charge in [-0.15, -0.1) is 16.4 Å². The van der Waals surface area contributed by atoms with Gasteiger partial charge in [-0.05, 0) is 23.9 Å². The summed E-state index contributed by atoms with van der Waals surface area (Å²) >= 11 is 1.52. The summed E-state index contributed by atoms with van der Waals surface area (Å²) in [7, 11) is 0. The molecule has 0 aliphatic carbocycles. The van der Waals surface area contributed by atoms with Gasteiger partial charge in [-0.2, -0.15) is 5.10 Å². The molecule has 4 rings (SSSR count). The average Bonchev–Trinajstić information content (AvgIpc) is 3.15. The topological polar surface area (TPSA) is 61.8 Å². The van der Waals surface area contributed by atoms with Crippen molar-refractivity contribution in [2.45, 2.75) is 6.92 Å². The van der Waals surface area contributed by atoms with Gasteiger partial charge in [0.1, 0.15) is 0 Å². The maximum Gasteiger partial charge on any atom is 0.264 e. The molecule has 2 fully saturated rings. The molecule has 138 valence electrons. The van der Waals surface area contributed by atoms with Gasteiger partial charge in [0.15, 0.2) is 5.82 Å². The predicted octanol–water partition coefficient (Wildman–Crippen LogP) is 1.65. The molecule has 2 aromatic rings. The first-order valence-corrected chi connectivity index (χ1v) is 9.83. The number of nitrogens with zero attached hydrogens (tertiary/aromatic N) is 5. The first kappa shape index (κ1) is 17.2. The van der Waals surface area contributed by atoms with Crippen LogP contribution in [0.3, 0.4) is 0 Å². The normalized spacial score (nSPS) is 18.3. The van der Waals surface area contributed by atoms with Crippen LogP contribution in [-0.4, -0.2) is 73.5 Å². The third kappa shape index (κ3) is 3.66. The fraction of sp³-hybridized carbons (Fsp3) is 0.500. The van der Waals surface area contributed by atoms with Crippen LogP contribution in [0.4, 0.5) is 11.5 Å². The van der Waals surface area contributed by atoms with Crippen LogP contribution in [-0.2, 0) is 4.74 Å². The summed E-state index contributed by atoms with van der Waals surface area (Å²) in [5.41, 5.74) is 2.23. The largest absolute Gasteiger partial charge is 0.378 e. The van der Waals surface area contributed by atoms with E-state index in [2.05, 4.69) is 26.1 Å². The maximum absolute atomic E-state index is 12.6. The van der Waals surface area contributed by atoms with E-state index < -0.39 is 0 Å². The van der Waals surface area contributed by atoms with Gasteiger partial charge in [0.05, 0.1) is 30.0 Å². The van der Waals surface area contributed by atoms with E-state index in [0.717, 1.165) is 61.3 Å². The minimum atomic E-state index is 0.135. The van der Waals surface area contributed by atoms with E-state index in [9.17, 15) is 4.79 Å². The van der Waals surface area contributed by atoms with Crippen molar-refractivity contribution in [2.24, 2.45) is 0 Å². The minimum Gasteiger partial charge on any atom is -0.378 e. The summed E-state index contributed by atoms with van der Waals surface area (Å²) in [6, 6.07) is 4.06. The molecular formula is C18H23N5O2S. The van der Waals surface area contributed by atoms with Crippen LogP contribution in [0.15, 0.2) is 23.7 Å². The highest BCUT2D eigenvalue weighted by Gasteiger charge is 2.24. The molecule has 8 heteroatoms. The Labute approximate surface area is 157 Å². The molecule has 0 saturated carbocycles. The van der Waals surface area contributed by atoms with Gasteiger partial charge in [0, 0.05) is 45.3 Å². The Morgan fingerprint density at radius 3 is 2.54 bits per heavy atom. The lowest BCUT2D eigenvalue weighted by Crippen LogP contribution is -2.49. The number of hydrogen-bond acceptors (Lipinski definition) is 7. The zero-order valence-electron chi connectivity index (χ0n) is 14.9. The van der Waals surface area contributed by atoms with Gasteiger partial charge < -0.3 is 19.4 Å². The molecule has 1 amide bonds. The third-order valence-corrected chi connectivity index (χ3v) is 5.87. The van der Waals surface area contributed by atoms with Gasteiger partial charge >= 0.3 is 0 Å². The Balaban J connectivity index is 1.39. The Hall–Kier alpha value is -2.19. The average molecular weight is 373 g/mol. The molecule has 26 heavy (non-hydrogen) atoms. The van der Waals surface area contributed by atoms with Crippen LogP contribution in [0.2, 0.25) is 0 Å². The molecule has 7 nitrogen and oxygen atoms in total. The lowest BCUT2D eigenvalue weighted by atomic mass is 10.2. The first-order chi connectivity index (χ1) is 12.7. The number of ether oxygens (including phenoxy) is 1. The summed E-state index contributed by atoms with van der Waals surface area (Å²) < 4.78 is 5.42. The maximum atomic E-state index is 12.6. The number of carbonyl (C=O) groups is 1. The number of morpholine rings is 1. The number of anilines is 2. The molecule has 0 spiro atoms. The Kier molecular flexibility index (Phi) is 5.03. The highest BCUT2D eigenvalue weighted by molar-refractivity contribution is 7.12. The molecule has 0 unspecified atom stereocenters. The number of piperazine rings is 1. The van der Waals surface area contributed by atoms with E-state index in [1.54, 1.807) is 0 Å². The standard InChI is InChI=1S/C18H23N5O2S/c1-14-10-16(26-13-14)18(24)23-4-2-22(3-5-23)17-11-15(12-19-20-17)21-6-8-25-9-7-21/h10-13H,2-9H2,1H3. The highest BCUT2D eigenvalue weighted by atomic mass is 32.1. The number of amides is 1. The van der Waals surface area contributed by atoms with Crippen LogP contribution < -0.4 is 9.80 Å². The molecule has 2 aliphatic heterocycles. The summed E-state index contributed by atoms with van der Waals surface area (Å²) in [5.74, 6) is 1.02. The summed E-state index contributed by atoms with van der Waals surface area (Å²) in [5, 5.41) is 10.5. The molecule has 0 N–H and O–H groups in total. The number of hydrogen-bond donors (Lipinski definition) is 0. The zero-order chi connectivity index (χ0) is 17.9. The van der Waals surface area contributed by atoms with Crippen molar-refractivity contribution in [3.05, 3.63) is 34.2 Å². The molecule has 2 aromatic heterocycles. The SMILES string of the molecule is Cc1csc(C(=O)N2CCN(c3cc(N4CCOCC4)cnn3)CC2)c1. The molecule has 0 radical (unpaired) electrons. The van der Waals surface area contributed by atoms with Crippen molar-refractivity contribution >= 4 is 28.7 Å². The van der Waals surface area contributed by atoms with Crippen molar-refractivity contribution < 1.29 is 9.53 Å². The molecule has 0 aromatic carbocycles. The Bertz CT molecular complexity index is 766. The highest BCUT2D eigenvalue weighted by Crippen LogP contribution is 2.22. The smallest absolute Gasteiger partial charge is 0.264 e. The van der Waals surface area contributed by atoms with Crippen molar-refractivity contribution in [2.75, 3.05) is 62.3 Å². The van der Waals surface area contributed by atoms with Gasteiger partial charge in [0.25, 0.3) is 5.91 Å². The number of carbonyl (C=O) groups excluding carboxylic acids is 1. The van der Waals surface area contributed by atoms with Crippen molar-refractivity contribution in [3.8, 4) is 0 Å². The number of aromatic nitrogens is 2. The van der Waals surface area contributed by atoms with Crippen molar-refractivity contribution in [1.82, 2.24) is 15.1 Å². The monoisotopic (exact) mass is 373 g/mol. The van der Waals surface area contributed by atoms with E-state index in [4.69, 9.17) is 4.74 Å². The molecule has 2 aliphatic rings. The van der Waals surface area contributed by atoms with E-state index in [-0.39, 0.29) is 5.91 Å². The molecule has 2 saturated heterocycles. The van der Waals surface area contributed by atoms with E-state index in [1.165, 1.54) is 11.3 Å². The van der Waals surface area contributed by atoms with E-state index in [0.29, 0.717) is 13.1 Å². The summed E-state index contributed by atoms with van der Waals surface area (Å²) in [4.78, 5) is 19.8. The first-order valence-electron chi connectivity index (χ1n) is 8.95. The van der Waals surface area contributed by atoms with Gasteiger partial charge in [-0.25, -0.2) is 0 Å². The lowest BCUT2D eigenvalue weighted by molar-refractivity contribution is 0.0751. The second kappa shape index (κ2) is 7.59. The van der Waals surface area contributed by atoms with E-state index >= 15 is 0 Å². The molecule has 4 heterocycles. The van der Waals surface area contributed by atoms with Crippen LogP contribution in [0, 0.1) is 6.92 Å². The number of aryl methyl sites for hydroxylation is 1. The van der Waals surface area contributed by atoms with Gasteiger partial charge in [-0.1, -0.05) is 0 Å². The molecule has 0 atom stereocenters. The summed E-state index contributed by atoms with van der Waals surface area (Å²) in [6.07, 6.45) is 1.81. The number of rotatable bonds is 3. The molecular weight excluding hydrogens is 350 g/mol. The molecule has 0 bridgehead atoms. The third-order valence-electron chi connectivity index (χ3n) is 4.84. The number of thiophene rings is 1. The summed E-state index contributed by atoms with van der Waals surface area (Å²) in [6.45, 7) is 8.25. The van der Waals surface area contributed by atoms with Crippen LogP contribution in [0.5, 0.6) is 0 Å². The lowest BCUT2D eigenvalue weighted by Gasteiger charge is -2.35. The van der Waals surface area contributed by atoms with Crippen molar-refractivity contribution in [3.63, 3.8) is 0 Å².